The fourth-order valence-electron chi connectivity index (χ4n) is 3.38. The summed E-state index contributed by atoms with van der Waals surface area (Å²) in [5.74, 6) is 2.49. The lowest BCUT2D eigenvalue weighted by Gasteiger charge is -2.27. The Morgan fingerprint density at radius 2 is 2.19 bits per heavy atom. The number of nitrogens with zero attached hydrogens (tertiary/aromatic N) is 3. The van der Waals surface area contributed by atoms with Crippen molar-refractivity contribution < 1.29 is 14.0 Å². The van der Waals surface area contributed by atoms with Crippen LogP contribution >= 0.6 is 0 Å². The Labute approximate surface area is 151 Å². The maximum atomic E-state index is 6.09. The van der Waals surface area contributed by atoms with Crippen molar-refractivity contribution in [3.8, 4) is 5.75 Å². The minimum Gasteiger partial charge on any atom is -0.493 e. The first kappa shape index (κ1) is 16.8. The number of rotatable bonds is 4. The van der Waals surface area contributed by atoms with Crippen LogP contribution in [0, 0.1) is 6.92 Å². The molecule has 1 unspecified atom stereocenters. The smallest absolute Gasteiger partial charge is 0.255 e. The minimum atomic E-state index is -0.145. The van der Waals surface area contributed by atoms with Gasteiger partial charge in [0.1, 0.15) is 11.9 Å². The number of ether oxygens (including phenoxy) is 2. The average molecular weight is 357 g/mol. The van der Waals surface area contributed by atoms with E-state index in [1.807, 2.05) is 18.2 Å². The average Bonchev–Trinajstić information content (AvgIpc) is 3.29. The molecule has 8 nitrogen and oxygen atoms in total. The normalized spacial score (nSPS) is 25.6. The fraction of sp³-hybridized carbons (Fsp3) is 0.500. The third-order valence-electron chi connectivity index (χ3n) is 4.67. The minimum absolute atomic E-state index is 0.00883. The molecule has 2 aromatic rings. The first-order valence-electron chi connectivity index (χ1n) is 8.93. The van der Waals surface area contributed by atoms with Crippen LogP contribution < -0.4 is 15.8 Å². The van der Waals surface area contributed by atoms with Gasteiger partial charge in [-0.1, -0.05) is 23.4 Å². The predicted molar refractivity (Wildman–Crippen MR) is 94.8 cm³/mol. The number of nitrogens with one attached hydrogen (secondary N) is 1. The topological polar surface area (TPSA) is 108 Å². The first-order valence-corrected chi connectivity index (χ1v) is 8.93. The second-order valence-electron chi connectivity index (χ2n) is 6.60. The lowest BCUT2D eigenvalue weighted by atomic mass is 10.0. The molecule has 8 heteroatoms. The van der Waals surface area contributed by atoms with Gasteiger partial charge in [-0.3, -0.25) is 4.99 Å². The number of aliphatic imine (C=N–C) groups is 1. The molecule has 4 rings (SSSR count). The molecule has 0 saturated carbocycles. The van der Waals surface area contributed by atoms with E-state index in [0.717, 1.165) is 30.6 Å². The Hall–Kier alpha value is -2.61. The molecule has 3 atom stereocenters. The van der Waals surface area contributed by atoms with Crippen molar-refractivity contribution in [2.75, 3.05) is 13.2 Å². The van der Waals surface area contributed by atoms with Gasteiger partial charge < -0.3 is 25.0 Å². The molecule has 26 heavy (non-hydrogen) atoms. The van der Waals surface area contributed by atoms with E-state index in [9.17, 15) is 0 Å². The van der Waals surface area contributed by atoms with E-state index in [1.165, 1.54) is 0 Å². The highest BCUT2D eigenvalue weighted by molar-refractivity contribution is 5.78. The summed E-state index contributed by atoms with van der Waals surface area (Å²) in [4.78, 5) is 8.69. The molecule has 138 valence electrons. The maximum Gasteiger partial charge on any atom is 0.255 e. The van der Waals surface area contributed by atoms with Crippen LogP contribution in [0.5, 0.6) is 5.75 Å². The SMILES string of the molecule is Cc1noc([C@@H]2CC[C@H](CN=C(N)NC3CCOc4ccccc43)O2)n1. The Morgan fingerprint density at radius 1 is 1.31 bits per heavy atom. The van der Waals surface area contributed by atoms with Crippen molar-refractivity contribution in [3.63, 3.8) is 0 Å². The predicted octanol–water partition coefficient (Wildman–Crippen LogP) is 2.03. The molecule has 3 N–H and O–H groups in total. The molecule has 0 radical (unpaired) electrons. The van der Waals surface area contributed by atoms with Gasteiger partial charge in [-0.15, -0.1) is 0 Å². The number of para-hydroxylation sites is 1. The number of aryl methyl sites for hydroxylation is 1. The van der Waals surface area contributed by atoms with Crippen LogP contribution in [-0.2, 0) is 4.74 Å². The van der Waals surface area contributed by atoms with Crippen molar-refractivity contribution >= 4 is 5.96 Å². The Balaban J connectivity index is 1.32. The second kappa shape index (κ2) is 7.33. The third-order valence-corrected chi connectivity index (χ3v) is 4.67. The van der Waals surface area contributed by atoms with Gasteiger partial charge in [0.2, 0.25) is 0 Å². The van der Waals surface area contributed by atoms with Crippen molar-refractivity contribution in [3.05, 3.63) is 41.5 Å². The zero-order valence-electron chi connectivity index (χ0n) is 14.7. The largest absolute Gasteiger partial charge is 0.493 e. The van der Waals surface area contributed by atoms with Crippen LogP contribution in [0.15, 0.2) is 33.8 Å². The van der Waals surface area contributed by atoms with Crippen LogP contribution in [0.3, 0.4) is 0 Å². The Kier molecular flexibility index (Phi) is 4.75. The molecule has 0 spiro atoms. The van der Waals surface area contributed by atoms with E-state index < -0.39 is 0 Å². The van der Waals surface area contributed by atoms with Crippen LogP contribution in [0.2, 0.25) is 0 Å². The van der Waals surface area contributed by atoms with Crippen LogP contribution in [-0.4, -0.2) is 35.4 Å². The van der Waals surface area contributed by atoms with Crippen molar-refractivity contribution in [2.45, 2.75) is 44.4 Å². The lowest BCUT2D eigenvalue weighted by molar-refractivity contribution is 0.0309. The standard InChI is InChI=1S/C18H23N5O3/c1-11-21-17(26-23-11)16-7-6-12(25-16)10-20-18(19)22-14-8-9-24-15-5-3-2-4-13(14)15/h2-5,12,14,16H,6-10H2,1H3,(H3,19,20,22)/t12-,14?,16+/m1/s1. The van der Waals surface area contributed by atoms with Gasteiger partial charge in [0.25, 0.3) is 5.89 Å². The third kappa shape index (κ3) is 3.65. The van der Waals surface area contributed by atoms with Gasteiger partial charge in [0, 0.05) is 12.0 Å². The molecule has 1 aromatic carbocycles. The van der Waals surface area contributed by atoms with Crippen molar-refractivity contribution in [1.29, 1.82) is 0 Å². The zero-order chi connectivity index (χ0) is 17.9. The van der Waals surface area contributed by atoms with Crippen LogP contribution in [0.1, 0.15) is 48.7 Å². The highest BCUT2D eigenvalue weighted by Gasteiger charge is 2.30. The highest BCUT2D eigenvalue weighted by atomic mass is 16.5. The van der Waals surface area contributed by atoms with Gasteiger partial charge in [-0.05, 0) is 25.8 Å². The van der Waals surface area contributed by atoms with Crippen molar-refractivity contribution in [1.82, 2.24) is 15.5 Å². The van der Waals surface area contributed by atoms with Gasteiger partial charge in [0.15, 0.2) is 11.8 Å². The summed E-state index contributed by atoms with van der Waals surface area (Å²) in [7, 11) is 0. The van der Waals surface area contributed by atoms with Gasteiger partial charge in [0.05, 0.1) is 25.3 Å². The molecule has 0 amide bonds. The number of fused-ring (bicyclic) bond motifs is 1. The quantitative estimate of drug-likeness (QED) is 0.636. The fourth-order valence-corrected chi connectivity index (χ4v) is 3.38. The Bertz CT molecular complexity index is 791. The Morgan fingerprint density at radius 3 is 3.04 bits per heavy atom. The van der Waals surface area contributed by atoms with E-state index in [2.05, 4.69) is 26.5 Å². The van der Waals surface area contributed by atoms with E-state index in [4.69, 9.17) is 19.7 Å². The number of nitrogens with two attached hydrogens (primary N) is 1. The number of benzene rings is 1. The van der Waals surface area contributed by atoms with Crippen molar-refractivity contribution in [2.24, 2.45) is 10.7 Å². The van der Waals surface area contributed by atoms with Crippen LogP contribution in [0.25, 0.3) is 0 Å². The van der Waals surface area contributed by atoms with E-state index in [0.29, 0.717) is 30.8 Å². The number of hydrogen-bond acceptors (Lipinski definition) is 6. The van der Waals surface area contributed by atoms with Gasteiger partial charge in [-0.25, -0.2) is 0 Å². The molecule has 0 bridgehead atoms. The summed E-state index contributed by atoms with van der Waals surface area (Å²) in [6, 6.07) is 8.11. The van der Waals surface area contributed by atoms with E-state index in [-0.39, 0.29) is 18.2 Å². The van der Waals surface area contributed by atoms with E-state index in [1.54, 1.807) is 6.92 Å². The molecule has 1 fully saturated rings. The molecule has 2 aliphatic rings. The molecule has 1 saturated heterocycles. The molecular weight excluding hydrogens is 334 g/mol. The molecule has 1 aromatic heterocycles. The number of guanidine groups is 1. The summed E-state index contributed by atoms with van der Waals surface area (Å²) >= 11 is 0. The first-order chi connectivity index (χ1) is 12.7. The molecule has 2 aliphatic heterocycles. The summed E-state index contributed by atoms with van der Waals surface area (Å²) in [5.41, 5.74) is 7.20. The monoisotopic (exact) mass is 357 g/mol. The van der Waals surface area contributed by atoms with E-state index >= 15 is 0 Å². The number of aromatic nitrogens is 2. The maximum absolute atomic E-state index is 6.09. The summed E-state index contributed by atoms with van der Waals surface area (Å²) < 4.78 is 16.8. The molecular formula is C18H23N5O3. The zero-order valence-corrected chi connectivity index (χ0v) is 14.7. The summed E-state index contributed by atoms with van der Waals surface area (Å²) in [6.07, 6.45) is 2.46. The number of hydrogen-bond donors (Lipinski definition) is 2. The summed E-state index contributed by atoms with van der Waals surface area (Å²) in [5, 5.41) is 7.11. The van der Waals surface area contributed by atoms with Gasteiger partial charge in [-0.2, -0.15) is 4.98 Å². The van der Waals surface area contributed by atoms with Crippen LogP contribution in [0.4, 0.5) is 0 Å². The highest BCUT2D eigenvalue weighted by Crippen LogP contribution is 2.32. The molecule has 3 heterocycles. The van der Waals surface area contributed by atoms with Gasteiger partial charge >= 0.3 is 0 Å². The second-order valence-corrected chi connectivity index (χ2v) is 6.60. The lowest BCUT2D eigenvalue weighted by Crippen LogP contribution is -2.37. The summed E-state index contributed by atoms with van der Waals surface area (Å²) in [6.45, 7) is 2.97. The molecule has 0 aliphatic carbocycles.